The summed E-state index contributed by atoms with van der Waals surface area (Å²) in [5.41, 5.74) is 0. The minimum absolute atomic E-state index is 0. The number of hydrogen-bond acceptors (Lipinski definition) is 0. The van der Waals surface area contributed by atoms with Crippen LogP contribution in [0.25, 0.3) is 0 Å². The Morgan fingerprint density at radius 2 is 1.20 bits per heavy atom. The zero-order valence-electron chi connectivity index (χ0n) is 6.97. The summed E-state index contributed by atoms with van der Waals surface area (Å²) in [6.07, 6.45) is 0. The molecule has 0 aliphatic heterocycles. The maximum Gasteiger partial charge on any atom is 2.00 e. The molecule has 0 amide bonds. The molecule has 0 aromatic heterocycles. The summed E-state index contributed by atoms with van der Waals surface area (Å²) in [5.74, 6) is 0. The summed E-state index contributed by atoms with van der Waals surface area (Å²) >= 11 is 0. The summed E-state index contributed by atoms with van der Waals surface area (Å²) in [5, 5.41) is 0. The van der Waals surface area contributed by atoms with Crippen LogP contribution in [0.5, 0.6) is 0 Å². The van der Waals surface area contributed by atoms with E-state index in [1.54, 1.807) is 0 Å². The molecule has 0 rings (SSSR count). The first-order valence-corrected chi connectivity index (χ1v) is 0. The average Bonchev–Trinajstić information content (AvgIpc) is 0. The second kappa shape index (κ2) is 22.8. The molecule has 0 aliphatic rings. The van der Waals surface area contributed by atoms with Crippen molar-refractivity contribution in [2.45, 2.75) is 0 Å². The fourth-order valence-corrected chi connectivity index (χ4v) is 0. The number of rotatable bonds is 0. The first kappa shape index (κ1) is 31.7. The molecule has 0 atom stereocenters. The third-order valence-electron chi connectivity index (χ3n) is 0. The van der Waals surface area contributed by atoms with Crippen LogP contribution in [-0.4, -0.2) is 60.8 Å². The monoisotopic (exact) mass is 432 g/mol. The van der Waals surface area contributed by atoms with Crippen molar-refractivity contribution in [2.24, 2.45) is 0 Å². The van der Waals surface area contributed by atoms with Gasteiger partial charge in [-0.05, 0) is 0 Å². The molecule has 0 aliphatic carbocycles. The topological polar surface area (TPSA) is 0 Å². The molecule has 0 aromatic carbocycles. The summed E-state index contributed by atoms with van der Waals surface area (Å²) < 4.78 is 0. The molecule has 0 fully saturated rings. The van der Waals surface area contributed by atoms with Gasteiger partial charge in [0.25, 0.3) is 0 Å². The van der Waals surface area contributed by atoms with Crippen LogP contribution in [0, 0.1) is 80.8 Å². The minimum atomic E-state index is 0. The van der Waals surface area contributed by atoms with Gasteiger partial charge in [0.2, 0.25) is 0 Å². The Bertz CT molecular complexity index is 20.5. The molecule has 0 nitrogen and oxygen atoms in total. The van der Waals surface area contributed by atoms with Crippen LogP contribution in [0.1, 0.15) is 5.71 Å². The molecule has 22 valence electrons. The summed E-state index contributed by atoms with van der Waals surface area (Å²) in [6.45, 7) is 0. The van der Waals surface area contributed by atoms with Crippen LogP contribution in [-0.2, 0) is 19.5 Å². The normalized spacial score (nSPS) is 0. The van der Waals surface area contributed by atoms with Crippen LogP contribution in [0.3, 0.4) is 0 Å². The summed E-state index contributed by atoms with van der Waals surface area (Å²) in [7, 11) is 0. The SMILES string of the molecule is [Ca+2].[Gd].[H-].[H-].[H-].[H-].[Mg+2].[Nd].[Zn]. The van der Waals surface area contributed by atoms with Crippen LogP contribution < -0.4 is 0 Å². The zero-order chi connectivity index (χ0) is 0. The Morgan fingerprint density at radius 3 is 1.20 bits per heavy atom. The Hall–Kier alpha value is 5.32. The van der Waals surface area contributed by atoms with Gasteiger partial charge < -0.3 is 5.71 Å². The number of hydrogen-bond donors (Lipinski definition) is 0. The van der Waals surface area contributed by atoms with Crippen molar-refractivity contribution < 1.29 is 106 Å². The molecule has 0 heterocycles. The molecular formula is H4CaGdMgNdZn. The molecule has 0 N–H and O–H groups in total. The molecule has 5 heteroatoms. The molecule has 0 radical (unpaired) electrons. The van der Waals surface area contributed by atoms with Crippen molar-refractivity contribution in [3.63, 3.8) is 0 Å². The van der Waals surface area contributed by atoms with E-state index in [1.807, 2.05) is 0 Å². The van der Waals surface area contributed by atoms with Crippen molar-refractivity contribution in [1.29, 1.82) is 0 Å². The quantitative estimate of drug-likeness (QED) is 0.458. The van der Waals surface area contributed by atoms with E-state index in [1.165, 1.54) is 0 Å². The predicted octanol–water partition coefficient (Wildman–Crippen LogP) is -0.314. The summed E-state index contributed by atoms with van der Waals surface area (Å²) in [4.78, 5) is 0. The van der Waals surface area contributed by atoms with E-state index in [4.69, 9.17) is 0 Å². The third-order valence-corrected chi connectivity index (χ3v) is 0. The Labute approximate surface area is 162 Å². The average molecular weight is 435 g/mol. The maximum absolute atomic E-state index is 0. The molecule has 0 saturated heterocycles. The second-order valence-electron chi connectivity index (χ2n) is 0. The summed E-state index contributed by atoms with van der Waals surface area (Å²) in [6, 6.07) is 0. The van der Waals surface area contributed by atoms with Gasteiger partial charge in [-0.2, -0.15) is 0 Å². The van der Waals surface area contributed by atoms with Gasteiger partial charge in [0, 0.05) is 100 Å². The molecular weight excluding hydrogens is 431 g/mol. The molecule has 0 spiro atoms. The van der Waals surface area contributed by atoms with Gasteiger partial charge in [0.1, 0.15) is 0 Å². The zero-order valence-corrected chi connectivity index (χ0v) is 15.0. The molecule has 0 bridgehead atoms. The third kappa shape index (κ3) is 17.6. The minimum Gasteiger partial charge on any atom is -1.00 e. The van der Waals surface area contributed by atoms with E-state index in [-0.39, 0.29) is 167 Å². The Balaban J connectivity index is 0. The largest absolute Gasteiger partial charge is 2.00 e. The van der Waals surface area contributed by atoms with Gasteiger partial charge in [-0.1, -0.05) is 0 Å². The van der Waals surface area contributed by atoms with Gasteiger partial charge in [-0.25, -0.2) is 0 Å². The molecule has 0 unspecified atom stereocenters. The van der Waals surface area contributed by atoms with Crippen molar-refractivity contribution in [1.82, 2.24) is 0 Å². The van der Waals surface area contributed by atoms with Crippen LogP contribution in [0.15, 0.2) is 0 Å². The smallest absolute Gasteiger partial charge is 1.00 e. The first-order valence-electron chi connectivity index (χ1n) is 0. The van der Waals surface area contributed by atoms with E-state index < -0.39 is 0 Å². The van der Waals surface area contributed by atoms with Crippen LogP contribution >= 0.6 is 0 Å². The predicted molar refractivity (Wildman–Crippen MR) is 16.0 cm³/mol. The van der Waals surface area contributed by atoms with Crippen LogP contribution in [0.4, 0.5) is 0 Å². The fraction of sp³-hybridized carbons (Fsp3) is 0. The van der Waals surface area contributed by atoms with Gasteiger partial charge in [-0.3, -0.25) is 0 Å². The van der Waals surface area contributed by atoms with Gasteiger partial charge in [-0.15, -0.1) is 0 Å². The van der Waals surface area contributed by atoms with E-state index in [0.29, 0.717) is 0 Å². The van der Waals surface area contributed by atoms with Crippen molar-refractivity contribution >= 4 is 60.8 Å². The van der Waals surface area contributed by atoms with Gasteiger partial charge in [0.15, 0.2) is 0 Å². The molecule has 0 aromatic rings. The standard InChI is InChI=1S/Ca.Gd.Mg.Nd.Zn.4H/q+2;;+2;;;4*-1. The molecule has 0 saturated carbocycles. The van der Waals surface area contributed by atoms with Crippen LogP contribution in [0.2, 0.25) is 0 Å². The Morgan fingerprint density at radius 1 is 1.20 bits per heavy atom. The Kier molecular flexibility index (Phi) is 144. The fourth-order valence-electron chi connectivity index (χ4n) is 0. The van der Waals surface area contributed by atoms with Crippen molar-refractivity contribution in [2.75, 3.05) is 0 Å². The van der Waals surface area contributed by atoms with Gasteiger partial charge in [0.05, 0.1) is 0 Å². The van der Waals surface area contributed by atoms with E-state index in [9.17, 15) is 0 Å². The van der Waals surface area contributed by atoms with Gasteiger partial charge >= 0.3 is 60.8 Å². The second-order valence-corrected chi connectivity index (χ2v) is 0. The van der Waals surface area contributed by atoms with Crippen molar-refractivity contribution in [3.05, 3.63) is 0 Å². The van der Waals surface area contributed by atoms with E-state index >= 15 is 0 Å². The molecule has 5 heavy (non-hydrogen) atoms. The first-order chi connectivity index (χ1) is 0. The van der Waals surface area contributed by atoms with Crippen molar-refractivity contribution in [3.8, 4) is 0 Å². The van der Waals surface area contributed by atoms with E-state index in [2.05, 4.69) is 0 Å². The maximum atomic E-state index is 0. The van der Waals surface area contributed by atoms with E-state index in [0.717, 1.165) is 0 Å².